The number of aromatic nitrogens is 4. The minimum atomic E-state index is -0.537. The van der Waals surface area contributed by atoms with Gasteiger partial charge in [-0.1, -0.05) is 11.3 Å². The molecule has 0 aliphatic rings. The van der Waals surface area contributed by atoms with Gasteiger partial charge in [0.05, 0.1) is 11.3 Å². The summed E-state index contributed by atoms with van der Waals surface area (Å²) >= 11 is 4.49. The van der Waals surface area contributed by atoms with E-state index in [1.807, 2.05) is 6.92 Å². The molecule has 0 saturated heterocycles. The van der Waals surface area contributed by atoms with Crippen LogP contribution in [-0.2, 0) is 6.54 Å². The van der Waals surface area contributed by atoms with Crippen LogP contribution in [0.5, 0.6) is 0 Å². The van der Waals surface area contributed by atoms with Crippen molar-refractivity contribution in [2.24, 2.45) is 0 Å². The van der Waals surface area contributed by atoms with E-state index in [-0.39, 0.29) is 5.82 Å². The molecule has 0 spiro atoms. The maximum Gasteiger partial charge on any atom is 0.404 e. The minimum absolute atomic E-state index is 0.202. The van der Waals surface area contributed by atoms with E-state index in [0.717, 1.165) is 16.7 Å². The van der Waals surface area contributed by atoms with Crippen molar-refractivity contribution < 1.29 is 4.92 Å². The summed E-state index contributed by atoms with van der Waals surface area (Å²) in [6.45, 7) is 3.10. The molecule has 10 heteroatoms. The fraction of sp³-hybridized carbons (Fsp3) is 0.375. The van der Waals surface area contributed by atoms with E-state index in [1.165, 1.54) is 16.0 Å². The molecule has 96 valence electrons. The van der Waals surface area contributed by atoms with E-state index in [9.17, 15) is 10.1 Å². The van der Waals surface area contributed by atoms with Gasteiger partial charge in [0.25, 0.3) is 0 Å². The molecular formula is C8H9BrN6O2S. The summed E-state index contributed by atoms with van der Waals surface area (Å²) in [6, 6.07) is 0. The fourth-order valence-electron chi connectivity index (χ4n) is 1.27. The number of rotatable bonds is 5. The van der Waals surface area contributed by atoms with Crippen LogP contribution < -0.4 is 5.32 Å². The highest BCUT2D eigenvalue weighted by molar-refractivity contribution is 9.10. The molecule has 0 amide bonds. The van der Waals surface area contributed by atoms with Gasteiger partial charge in [-0.3, -0.25) is 0 Å². The molecule has 0 fully saturated rings. The Bertz CT molecular complexity index is 568. The van der Waals surface area contributed by atoms with Crippen molar-refractivity contribution in [3.8, 4) is 0 Å². The van der Waals surface area contributed by atoms with Crippen molar-refractivity contribution >= 4 is 38.2 Å². The van der Waals surface area contributed by atoms with Crippen LogP contribution in [0.2, 0.25) is 0 Å². The Morgan fingerprint density at radius 3 is 3.00 bits per heavy atom. The summed E-state index contributed by atoms with van der Waals surface area (Å²) in [5.41, 5.74) is 0. The van der Waals surface area contributed by atoms with Crippen molar-refractivity contribution in [2.75, 3.05) is 11.9 Å². The molecule has 2 heterocycles. The molecule has 0 radical (unpaired) electrons. The predicted molar refractivity (Wildman–Crippen MR) is 69.8 cm³/mol. The summed E-state index contributed by atoms with van der Waals surface area (Å²) in [7, 11) is 0. The summed E-state index contributed by atoms with van der Waals surface area (Å²) in [5.74, 6) is -0.202. The molecule has 0 bridgehead atoms. The zero-order chi connectivity index (χ0) is 13.1. The first kappa shape index (κ1) is 12.9. The van der Waals surface area contributed by atoms with Gasteiger partial charge < -0.3 is 15.4 Å². The average molecular weight is 333 g/mol. The van der Waals surface area contributed by atoms with Crippen LogP contribution in [0.25, 0.3) is 0 Å². The molecule has 1 N–H and O–H groups in total. The molecule has 18 heavy (non-hydrogen) atoms. The van der Waals surface area contributed by atoms with Gasteiger partial charge in [-0.15, -0.1) is 10.2 Å². The van der Waals surface area contributed by atoms with E-state index in [0.29, 0.717) is 11.0 Å². The lowest BCUT2D eigenvalue weighted by Gasteiger charge is -1.92. The third-order valence-electron chi connectivity index (χ3n) is 1.96. The zero-order valence-corrected chi connectivity index (χ0v) is 11.7. The second-order valence-electron chi connectivity index (χ2n) is 3.29. The third kappa shape index (κ3) is 2.82. The average Bonchev–Trinajstić information content (AvgIpc) is 2.87. The number of nitrogens with one attached hydrogen (secondary N) is 1. The third-order valence-corrected chi connectivity index (χ3v) is 3.39. The van der Waals surface area contributed by atoms with E-state index in [1.54, 1.807) is 6.20 Å². The van der Waals surface area contributed by atoms with E-state index in [4.69, 9.17) is 0 Å². The van der Waals surface area contributed by atoms with Crippen LogP contribution in [0.1, 0.15) is 11.9 Å². The molecule has 0 atom stereocenters. The van der Waals surface area contributed by atoms with Crippen LogP contribution in [0, 0.1) is 10.1 Å². The Labute approximate surface area is 114 Å². The Hall–Kier alpha value is -1.55. The van der Waals surface area contributed by atoms with Crippen LogP contribution in [0.4, 0.5) is 10.9 Å². The maximum absolute atomic E-state index is 10.6. The highest BCUT2D eigenvalue weighted by Crippen LogP contribution is 2.23. The lowest BCUT2D eigenvalue weighted by molar-refractivity contribution is -0.390. The van der Waals surface area contributed by atoms with Gasteiger partial charge >= 0.3 is 5.82 Å². The lowest BCUT2D eigenvalue weighted by Crippen LogP contribution is -2.00. The summed E-state index contributed by atoms with van der Waals surface area (Å²) in [5, 5.41) is 26.9. The van der Waals surface area contributed by atoms with Gasteiger partial charge in [0.15, 0.2) is 0 Å². The summed E-state index contributed by atoms with van der Waals surface area (Å²) in [6.07, 6.45) is 1.55. The van der Waals surface area contributed by atoms with E-state index in [2.05, 4.69) is 36.5 Å². The van der Waals surface area contributed by atoms with Crippen molar-refractivity contribution in [1.82, 2.24) is 20.0 Å². The molecule has 0 aliphatic heterocycles. The highest BCUT2D eigenvalue weighted by Gasteiger charge is 2.19. The van der Waals surface area contributed by atoms with Gasteiger partial charge in [-0.05, 0) is 27.8 Å². The number of halogens is 1. The Balaban J connectivity index is 2.13. The molecule has 0 aliphatic carbocycles. The quantitative estimate of drug-likeness (QED) is 0.663. The number of nitrogens with zero attached hydrogens (tertiary/aromatic N) is 5. The van der Waals surface area contributed by atoms with Crippen molar-refractivity contribution in [2.45, 2.75) is 13.5 Å². The molecule has 0 unspecified atom stereocenters. The van der Waals surface area contributed by atoms with Gasteiger partial charge in [-0.25, -0.2) is 0 Å². The first-order valence-corrected chi connectivity index (χ1v) is 6.64. The topological polar surface area (TPSA) is 98.8 Å². The van der Waals surface area contributed by atoms with Crippen LogP contribution in [0.15, 0.2) is 10.7 Å². The number of hydrogen-bond acceptors (Lipinski definition) is 7. The predicted octanol–water partition coefficient (Wildman–Crippen LogP) is 1.89. The Morgan fingerprint density at radius 2 is 2.39 bits per heavy atom. The monoisotopic (exact) mass is 332 g/mol. The minimum Gasteiger partial charge on any atom is -0.360 e. The largest absolute Gasteiger partial charge is 0.404 e. The highest BCUT2D eigenvalue weighted by atomic mass is 79.9. The Kier molecular flexibility index (Phi) is 3.87. The van der Waals surface area contributed by atoms with Crippen molar-refractivity contribution in [3.05, 3.63) is 25.8 Å². The van der Waals surface area contributed by atoms with Gasteiger partial charge in [-0.2, -0.15) is 4.68 Å². The standard InChI is InChI=1S/C8H9BrN6O2S/c1-2-10-8-12-11-6(18-8)4-14-3-5(9)7(13-14)15(16)17/h3H,2,4H2,1H3,(H,10,12). The SMILES string of the molecule is CCNc1nnc(Cn2cc(Br)c([N+](=O)[O-])n2)s1. The van der Waals surface area contributed by atoms with Crippen molar-refractivity contribution in [3.63, 3.8) is 0 Å². The van der Waals surface area contributed by atoms with Gasteiger partial charge in [0.1, 0.15) is 16.0 Å². The van der Waals surface area contributed by atoms with Crippen molar-refractivity contribution in [1.29, 1.82) is 0 Å². The summed E-state index contributed by atoms with van der Waals surface area (Å²) in [4.78, 5) is 10.1. The number of nitro groups is 1. The second-order valence-corrected chi connectivity index (χ2v) is 5.20. The summed E-state index contributed by atoms with van der Waals surface area (Å²) < 4.78 is 1.81. The Morgan fingerprint density at radius 1 is 1.61 bits per heavy atom. The second kappa shape index (κ2) is 5.40. The fourth-order valence-corrected chi connectivity index (χ4v) is 2.53. The smallest absolute Gasteiger partial charge is 0.360 e. The molecular weight excluding hydrogens is 324 g/mol. The van der Waals surface area contributed by atoms with Crippen LogP contribution in [-0.4, -0.2) is 31.4 Å². The zero-order valence-electron chi connectivity index (χ0n) is 9.33. The van der Waals surface area contributed by atoms with E-state index < -0.39 is 4.92 Å². The first-order chi connectivity index (χ1) is 8.60. The molecule has 8 nitrogen and oxygen atoms in total. The molecule has 0 aromatic carbocycles. The normalized spacial score (nSPS) is 10.6. The van der Waals surface area contributed by atoms with E-state index >= 15 is 0 Å². The number of anilines is 1. The lowest BCUT2D eigenvalue weighted by atomic mass is 10.6. The van der Waals surface area contributed by atoms with Gasteiger partial charge in [0, 0.05) is 6.54 Å². The van der Waals surface area contributed by atoms with Crippen LogP contribution >= 0.6 is 27.3 Å². The molecule has 2 aromatic heterocycles. The maximum atomic E-state index is 10.6. The first-order valence-electron chi connectivity index (χ1n) is 5.03. The number of hydrogen-bond donors (Lipinski definition) is 1. The molecule has 2 aromatic rings. The van der Waals surface area contributed by atoms with Crippen LogP contribution in [0.3, 0.4) is 0 Å². The van der Waals surface area contributed by atoms with Gasteiger partial charge in [0.2, 0.25) is 5.13 Å². The molecule has 0 saturated carbocycles. The molecule has 2 rings (SSSR count).